The maximum atomic E-state index is 13.0. The third-order valence-electron chi connectivity index (χ3n) is 7.58. The SMILES string of the molecule is CCN(CC)c1ccc2c(C)c(/C=C/c3ccc(N(c4ccc(OC)cc4)c4ccc(OC)cc4)cc3)c(=O)oc2c1. The van der Waals surface area contributed by atoms with Gasteiger partial charge >= 0.3 is 5.63 Å². The molecule has 214 valence electrons. The van der Waals surface area contributed by atoms with Crippen molar-refractivity contribution < 1.29 is 13.9 Å². The van der Waals surface area contributed by atoms with Gasteiger partial charge in [0, 0.05) is 47.3 Å². The molecule has 1 aromatic heterocycles. The molecule has 0 atom stereocenters. The van der Waals surface area contributed by atoms with E-state index in [1.54, 1.807) is 14.2 Å². The van der Waals surface area contributed by atoms with Crippen LogP contribution in [0, 0.1) is 6.92 Å². The molecule has 0 amide bonds. The van der Waals surface area contributed by atoms with Gasteiger partial charge in [0.05, 0.1) is 19.8 Å². The highest BCUT2D eigenvalue weighted by Crippen LogP contribution is 2.36. The van der Waals surface area contributed by atoms with Gasteiger partial charge in [0.15, 0.2) is 0 Å². The van der Waals surface area contributed by atoms with Gasteiger partial charge in [-0.25, -0.2) is 4.79 Å². The highest BCUT2D eigenvalue weighted by atomic mass is 16.5. The van der Waals surface area contributed by atoms with Crippen LogP contribution in [0.3, 0.4) is 0 Å². The molecule has 4 aromatic carbocycles. The lowest BCUT2D eigenvalue weighted by Crippen LogP contribution is -2.21. The lowest BCUT2D eigenvalue weighted by atomic mass is 10.0. The molecule has 0 aliphatic carbocycles. The molecule has 0 unspecified atom stereocenters. The van der Waals surface area contributed by atoms with E-state index in [1.165, 1.54) is 0 Å². The van der Waals surface area contributed by atoms with Gasteiger partial charge in [-0.15, -0.1) is 0 Å². The molecule has 5 aromatic rings. The van der Waals surface area contributed by atoms with Crippen molar-refractivity contribution in [1.82, 2.24) is 0 Å². The van der Waals surface area contributed by atoms with Crippen molar-refractivity contribution in [3.05, 3.63) is 118 Å². The van der Waals surface area contributed by atoms with Crippen LogP contribution in [-0.4, -0.2) is 27.3 Å². The largest absolute Gasteiger partial charge is 0.497 e. The number of anilines is 4. The van der Waals surface area contributed by atoms with Crippen molar-refractivity contribution in [3.8, 4) is 11.5 Å². The monoisotopic (exact) mass is 560 g/mol. The summed E-state index contributed by atoms with van der Waals surface area (Å²) in [5, 5.41) is 0.940. The maximum Gasteiger partial charge on any atom is 0.343 e. The molecule has 0 N–H and O–H groups in total. The first-order chi connectivity index (χ1) is 20.4. The topological polar surface area (TPSA) is 55.2 Å². The third-order valence-corrected chi connectivity index (χ3v) is 7.58. The first kappa shape index (κ1) is 28.6. The van der Waals surface area contributed by atoms with Crippen LogP contribution in [0.2, 0.25) is 0 Å². The Morgan fingerprint density at radius 2 is 1.19 bits per heavy atom. The van der Waals surface area contributed by atoms with Gasteiger partial charge in [0.2, 0.25) is 0 Å². The van der Waals surface area contributed by atoms with Crippen molar-refractivity contribution in [1.29, 1.82) is 0 Å². The highest BCUT2D eigenvalue weighted by Gasteiger charge is 2.14. The Kier molecular flexibility index (Phi) is 8.63. The average molecular weight is 561 g/mol. The molecule has 6 nitrogen and oxygen atoms in total. The molecule has 0 aliphatic rings. The Bertz CT molecular complexity index is 1690. The fourth-order valence-electron chi connectivity index (χ4n) is 5.16. The molecule has 6 heteroatoms. The van der Waals surface area contributed by atoms with Crippen LogP contribution in [0.4, 0.5) is 22.7 Å². The lowest BCUT2D eigenvalue weighted by molar-refractivity contribution is 0.415. The standard InChI is InChI=1S/C36H36N2O4/c1-6-37(7-2)30-17-23-33-25(3)34(36(39)42-35(33)24-30)22-10-26-8-11-27(12-9-26)38(28-13-18-31(40-4)19-14-28)29-15-20-32(41-5)21-16-29/h8-24H,6-7H2,1-5H3/b22-10+. The van der Waals surface area contributed by atoms with Crippen LogP contribution in [0.15, 0.2) is 100 Å². The minimum absolute atomic E-state index is 0.338. The first-order valence-corrected chi connectivity index (χ1v) is 14.1. The Hall–Kier alpha value is -4.97. The Labute approximate surface area is 247 Å². The molecule has 0 fully saturated rings. The zero-order valence-electron chi connectivity index (χ0n) is 24.8. The molecule has 0 aliphatic heterocycles. The predicted octanol–water partition coefficient (Wildman–Crippen LogP) is 8.61. The number of fused-ring (bicyclic) bond motifs is 1. The number of aryl methyl sites for hydroxylation is 1. The first-order valence-electron chi connectivity index (χ1n) is 14.1. The van der Waals surface area contributed by atoms with Crippen LogP contribution < -0.4 is 24.9 Å². The van der Waals surface area contributed by atoms with Crippen LogP contribution in [-0.2, 0) is 0 Å². The van der Waals surface area contributed by atoms with E-state index in [0.717, 1.165) is 63.9 Å². The number of benzene rings is 4. The number of methoxy groups -OCH3 is 2. The summed E-state index contributed by atoms with van der Waals surface area (Å²) in [5.41, 5.74) is 6.75. The second-order valence-electron chi connectivity index (χ2n) is 9.94. The van der Waals surface area contributed by atoms with E-state index in [0.29, 0.717) is 11.1 Å². The van der Waals surface area contributed by atoms with Crippen molar-refractivity contribution in [2.24, 2.45) is 0 Å². The summed E-state index contributed by atoms with van der Waals surface area (Å²) < 4.78 is 16.5. The minimum atomic E-state index is -0.338. The molecular formula is C36H36N2O4. The molecule has 0 bridgehead atoms. The van der Waals surface area contributed by atoms with Gasteiger partial charge in [-0.1, -0.05) is 18.2 Å². The quantitative estimate of drug-likeness (QED) is 0.159. The number of nitrogens with zero attached hydrogens (tertiary/aromatic N) is 2. The molecule has 1 heterocycles. The van der Waals surface area contributed by atoms with Crippen LogP contribution >= 0.6 is 0 Å². The lowest BCUT2D eigenvalue weighted by Gasteiger charge is -2.26. The summed E-state index contributed by atoms with van der Waals surface area (Å²) in [5.74, 6) is 1.60. The van der Waals surface area contributed by atoms with E-state index in [9.17, 15) is 4.79 Å². The van der Waals surface area contributed by atoms with Crippen molar-refractivity contribution in [2.45, 2.75) is 20.8 Å². The smallest absolute Gasteiger partial charge is 0.343 e. The molecule has 0 radical (unpaired) electrons. The normalized spacial score (nSPS) is 11.2. The zero-order valence-corrected chi connectivity index (χ0v) is 24.8. The summed E-state index contributed by atoms with van der Waals surface area (Å²) in [6.45, 7) is 7.99. The van der Waals surface area contributed by atoms with Gasteiger partial charge in [-0.05, 0) is 111 Å². The number of hydrogen-bond donors (Lipinski definition) is 0. The van der Waals surface area contributed by atoms with E-state index in [4.69, 9.17) is 13.9 Å². The molecule has 0 saturated heterocycles. The highest BCUT2D eigenvalue weighted by molar-refractivity contribution is 5.87. The summed E-state index contributed by atoms with van der Waals surface area (Å²) >= 11 is 0. The number of hydrogen-bond acceptors (Lipinski definition) is 6. The fourth-order valence-corrected chi connectivity index (χ4v) is 5.16. The van der Waals surface area contributed by atoms with Crippen LogP contribution in [0.1, 0.15) is 30.5 Å². The maximum absolute atomic E-state index is 13.0. The zero-order chi connectivity index (χ0) is 29.6. The average Bonchev–Trinajstić information content (AvgIpc) is 3.03. The van der Waals surface area contributed by atoms with Gasteiger partial charge in [-0.3, -0.25) is 0 Å². The fraction of sp³-hybridized carbons (Fsp3) is 0.194. The van der Waals surface area contributed by atoms with E-state index in [1.807, 2.05) is 91.9 Å². The molecule has 0 spiro atoms. The van der Waals surface area contributed by atoms with Crippen molar-refractivity contribution in [2.75, 3.05) is 37.1 Å². The second-order valence-corrected chi connectivity index (χ2v) is 9.94. The number of rotatable bonds is 10. The van der Waals surface area contributed by atoms with E-state index < -0.39 is 0 Å². The Morgan fingerprint density at radius 1 is 0.690 bits per heavy atom. The van der Waals surface area contributed by atoms with E-state index in [-0.39, 0.29) is 5.63 Å². The Morgan fingerprint density at radius 3 is 1.69 bits per heavy atom. The van der Waals surface area contributed by atoms with E-state index in [2.05, 4.69) is 41.8 Å². The van der Waals surface area contributed by atoms with Gasteiger partial charge < -0.3 is 23.7 Å². The van der Waals surface area contributed by atoms with Crippen LogP contribution in [0.5, 0.6) is 11.5 Å². The molecular weight excluding hydrogens is 524 g/mol. The molecule has 42 heavy (non-hydrogen) atoms. The summed E-state index contributed by atoms with van der Waals surface area (Å²) in [6, 6.07) is 30.2. The third kappa shape index (κ3) is 5.88. The number of ether oxygens (including phenoxy) is 2. The summed E-state index contributed by atoms with van der Waals surface area (Å²) in [4.78, 5) is 17.4. The van der Waals surface area contributed by atoms with Gasteiger partial charge in [0.25, 0.3) is 0 Å². The van der Waals surface area contributed by atoms with Gasteiger partial charge in [-0.2, -0.15) is 0 Å². The van der Waals surface area contributed by atoms with E-state index >= 15 is 0 Å². The molecule has 0 saturated carbocycles. The van der Waals surface area contributed by atoms with Gasteiger partial charge in [0.1, 0.15) is 17.1 Å². The minimum Gasteiger partial charge on any atom is -0.497 e. The summed E-state index contributed by atoms with van der Waals surface area (Å²) in [7, 11) is 3.32. The Balaban J connectivity index is 1.45. The second kappa shape index (κ2) is 12.7. The molecule has 5 rings (SSSR count). The summed E-state index contributed by atoms with van der Waals surface area (Å²) in [6.07, 6.45) is 3.79. The predicted molar refractivity (Wildman–Crippen MR) is 174 cm³/mol. The van der Waals surface area contributed by atoms with Crippen LogP contribution in [0.25, 0.3) is 23.1 Å². The van der Waals surface area contributed by atoms with Crippen molar-refractivity contribution in [3.63, 3.8) is 0 Å². The van der Waals surface area contributed by atoms with Crippen molar-refractivity contribution >= 4 is 45.9 Å².